The summed E-state index contributed by atoms with van der Waals surface area (Å²) in [7, 11) is -4.18. The molecule has 0 aliphatic carbocycles. The summed E-state index contributed by atoms with van der Waals surface area (Å²) in [5.74, 6) is -1.65. The van der Waals surface area contributed by atoms with Crippen LogP contribution in [0.25, 0.3) is 0 Å². The molecule has 1 aromatic carbocycles. The van der Waals surface area contributed by atoms with E-state index in [2.05, 4.69) is 9.88 Å². The Hall–Kier alpha value is -1.48. The fraction of sp³-hybridized carbons (Fsp3) is 0.143. The monoisotopic (exact) mass is 257 g/mol. The summed E-state index contributed by atoms with van der Waals surface area (Å²) in [6, 6.07) is 1.95. The van der Waals surface area contributed by atoms with Crippen molar-refractivity contribution in [3.63, 3.8) is 0 Å². The third-order valence-electron chi connectivity index (χ3n) is 1.47. The molecule has 0 atom stereocenters. The lowest BCUT2D eigenvalue weighted by Gasteiger charge is -2.09. The van der Waals surface area contributed by atoms with E-state index in [1.54, 1.807) is 0 Å². The fourth-order valence-corrected chi connectivity index (χ4v) is 1.54. The van der Waals surface area contributed by atoms with Gasteiger partial charge in [0.05, 0.1) is 0 Å². The van der Waals surface area contributed by atoms with E-state index in [-0.39, 0.29) is 0 Å². The van der Waals surface area contributed by atoms with Crippen LogP contribution in [0.1, 0.15) is 0 Å². The maximum atomic E-state index is 11.8. The summed E-state index contributed by atoms with van der Waals surface area (Å²) in [6.07, 6.45) is -4.92. The Kier molecular flexibility index (Phi) is 3.01. The first-order valence-corrected chi connectivity index (χ1v) is 5.26. The molecule has 0 saturated carbocycles. The van der Waals surface area contributed by atoms with E-state index in [1.807, 2.05) is 0 Å². The summed E-state index contributed by atoms with van der Waals surface area (Å²) < 4.78 is 60.3. The largest absolute Gasteiger partial charge is 0.573 e. The molecule has 9 heteroatoms. The van der Waals surface area contributed by atoms with Crippen molar-refractivity contribution in [2.24, 2.45) is 5.14 Å². The van der Waals surface area contributed by atoms with Crippen LogP contribution in [0.5, 0.6) is 11.5 Å². The van der Waals surface area contributed by atoms with Crippen molar-refractivity contribution in [3.05, 3.63) is 18.2 Å². The quantitative estimate of drug-likeness (QED) is 0.825. The highest BCUT2D eigenvalue weighted by molar-refractivity contribution is 7.89. The van der Waals surface area contributed by atoms with Crippen LogP contribution >= 0.6 is 0 Å². The Labute approximate surface area is 88.3 Å². The Bertz CT molecular complexity index is 497. The molecule has 0 saturated heterocycles. The molecule has 90 valence electrons. The minimum Gasteiger partial charge on any atom is -0.506 e. The summed E-state index contributed by atoms with van der Waals surface area (Å²) in [6.45, 7) is 0. The fourth-order valence-electron chi connectivity index (χ4n) is 0.935. The predicted molar refractivity (Wildman–Crippen MR) is 46.2 cm³/mol. The Balaban J connectivity index is 3.10. The van der Waals surface area contributed by atoms with Crippen LogP contribution in [0.15, 0.2) is 23.1 Å². The molecule has 0 bridgehead atoms. The average molecular weight is 257 g/mol. The highest BCUT2D eigenvalue weighted by Gasteiger charge is 2.31. The van der Waals surface area contributed by atoms with Crippen molar-refractivity contribution in [1.29, 1.82) is 0 Å². The van der Waals surface area contributed by atoms with Gasteiger partial charge in [-0.1, -0.05) is 0 Å². The van der Waals surface area contributed by atoms with E-state index >= 15 is 0 Å². The molecule has 0 unspecified atom stereocenters. The van der Waals surface area contributed by atoms with Crippen LogP contribution in [0.3, 0.4) is 0 Å². The Morgan fingerprint density at radius 3 is 2.25 bits per heavy atom. The molecule has 1 rings (SSSR count). The number of rotatable bonds is 2. The number of nitrogens with two attached hydrogens (primary N) is 1. The number of hydrogen-bond donors (Lipinski definition) is 2. The normalized spacial score (nSPS) is 12.5. The first-order chi connectivity index (χ1) is 7.09. The molecule has 0 radical (unpaired) electrons. The van der Waals surface area contributed by atoms with Crippen molar-refractivity contribution in [3.8, 4) is 11.5 Å². The van der Waals surface area contributed by atoms with Crippen LogP contribution in [-0.4, -0.2) is 19.9 Å². The minimum atomic E-state index is -4.92. The van der Waals surface area contributed by atoms with Crippen LogP contribution < -0.4 is 9.88 Å². The molecule has 3 N–H and O–H groups in total. The molecule has 0 aliphatic heterocycles. The lowest BCUT2D eigenvalue weighted by atomic mass is 10.3. The third-order valence-corrected chi connectivity index (χ3v) is 2.43. The van der Waals surface area contributed by atoms with Crippen LogP contribution in [0.2, 0.25) is 0 Å². The van der Waals surface area contributed by atoms with Gasteiger partial charge in [0.1, 0.15) is 16.4 Å². The summed E-state index contributed by atoms with van der Waals surface area (Å²) in [5, 5.41) is 13.8. The van der Waals surface area contributed by atoms with E-state index in [1.165, 1.54) is 0 Å². The summed E-state index contributed by atoms with van der Waals surface area (Å²) in [5.41, 5.74) is 0. The van der Waals surface area contributed by atoms with Gasteiger partial charge in [-0.3, -0.25) is 0 Å². The molecule has 1 aromatic rings. The summed E-state index contributed by atoms with van der Waals surface area (Å²) >= 11 is 0. The lowest BCUT2D eigenvalue weighted by Crippen LogP contribution is -2.17. The average Bonchev–Trinajstić information content (AvgIpc) is 1.97. The molecule has 0 amide bonds. The second kappa shape index (κ2) is 3.83. The van der Waals surface area contributed by atoms with Gasteiger partial charge < -0.3 is 9.84 Å². The second-order valence-electron chi connectivity index (χ2n) is 2.72. The van der Waals surface area contributed by atoms with E-state index in [4.69, 9.17) is 5.11 Å². The van der Waals surface area contributed by atoms with Crippen molar-refractivity contribution in [2.45, 2.75) is 11.3 Å². The van der Waals surface area contributed by atoms with Crippen molar-refractivity contribution < 1.29 is 31.4 Å². The molecular formula is C7H6F3NO4S. The van der Waals surface area contributed by atoms with Crippen LogP contribution in [0.4, 0.5) is 13.2 Å². The number of primary sulfonamides is 1. The van der Waals surface area contributed by atoms with Gasteiger partial charge in [-0.2, -0.15) is 0 Å². The van der Waals surface area contributed by atoms with Crippen LogP contribution in [0, 0.1) is 0 Å². The molecule has 0 spiro atoms. The lowest BCUT2D eigenvalue weighted by molar-refractivity contribution is -0.274. The maximum Gasteiger partial charge on any atom is 0.573 e. The highest BCUT2D eigenvalue weighted by atomic mass is 32.2. The highest BCUT2D eigenvalue weighted by Crippen LogP contribution is 2.29. The van der Waals surface area contributed by atoms with Crippen molar-refractivity contribution in [1.82, 2.24) is 0 Å². The zero-order valence-corrected chi connectivity index (χ0v) is 8.34. The first-order valence-electron chi connectivity index (χ1n) is 3.71. The van der Waals surface area contributed by atoms with Gasteiger partial charge >= 0.3 is 6.36 Å². The molecule has 0 fully saturated rings. The topological polar surface area (TPSA) is 89.6 Å². The van der Waals surface area contributed by atoms with Crippen molar-refractivity contribution >= 4 is 10.0 Å². The zero-order chi connectivity index (χ0) is 12.6. The number of phenols is 1. The van der Waals surface area contributed by atoms with Gasteiger partial charge in [0.25, 0.3) is 0 Å². The number of ether oxygens (including phenoxy) is 1. The molecule has 16 heavy (non-hydrogen) atoms. The zero-order valence-electron chi connectivity index (χ0n) is 7.52. The molecule has 5 nitrogen and oxygen atoms in total. The predicted octanol–water partition coefficient (Wildman–Crippen LogP) is 0.938. The number of sulfonamides is 1. The van der Waals surface area contributed by atoms with E-state index < -0.39 is 32.8 Å². The van der Waals surface area contributed by atoms with Crippen LogP contribution in [-0.2, 0) is 10.0 Å². The van der Waals surface area contributed by atoms with Gasteiger partial charge in [-0.25, -0.2) is 13.6 Å². The molecule has 0 aromatic heterocycles. The smallest absolute Gasteiger partial charge is 0.506 e. The molecule has 0 aliphatic rings. The van der Waals surface area contributed by atoms with E-state index in [9.17, 15) is 21.6 Å². The molecule has 0 heterocycles. The number of hydrogen-bond acceptors (Lipinski definition) is 4. The maximum absolute atomic E-state index is 11.8. The van der Waals surface area contributed by atoms with Gasteiger partial charge in [0.2, 0.25) is 10.0 Å². The number of phenolic OH excluding ortho intramolecular Hbond substituents is 1. The number of aromatic hydroxyl groups is 1. The number of halogens is 3. The Morgan fingerprint density at radius 2 is 1.88 bits per heavy atom. The molecular weight excluding hydrogens is 251 g/mol. The van der Waals surface area contributed by atoms with E-state index in [0.717, 1.165) is 6.07 Å². The van der Waals surface area contributed by atoms with Gasteiger partial charge in [-0.05, 0) is 12.1 Å². The standard InChI is InChI=1S/C7H6F3NO4S/c8-7(9,10)15-4-1-2-6(5(12)3-4)16(11,13)14/h1-3,12H,(H2,11,13,14). The minimum absolute atomic E-state index is 0.507. The second-order valence-corrected chi connectivity index (χ2v) is 4.25. The number of benzene rings is 1. The SMILES string of the molecule is NS(=O)(=O)c1ccc(OC(F)(F)F)cc1O. The third kappa shape index (κ3) is 3.28. The van der Waals surface area contributed by atoms with Gasteiger partial charge in [0, 0.05) is 6.07 Å². The van der Waals surface area contributed by atoms with Gasteiger partial charge in [0.15, 0.2) is 0 Å². The van der Waals surface area contributed by atoms with E-state index in [0.29, 0.717) is 12.1 Å². The van der Waals surface area contributed by atoms with Crippen molar-refractivity contribution in [2.75, 3.05) is 0 Å². The van der Waals surface area contributed by atoms with Gasteiger partial charge in [-0.15, -0.1) is 13.2 Å². The Morgan fingerprint density at radius 1 is 1.31 bits per heavy atom. The summed E-state index contributed by atoms with van der Waals surface area (Å²) in [4.78, 5) is -0.679. The first kappa shape index (κ1) is 12.6. The number of alkyl halides is 3.